The third kappa shape index (κ3) is 5.00. The Hall–Kier alpha value is -2.64. The Labute approximate surface area is 246 Å². The highest BCUT2D eigenvalue weighted by Crippen LogP contribution is 2.53. The van der Waals surface area contributed by atoms with Crippen LogP contribution in [0.4, 0.5) is 0 Å². The zero-order valence-electron chi connectivity index (χ0n) is 27.3. The lowest BCUT2D eigenvalue weighted by Gasteiger charge is -2.48. The number of benzene rings is 3. The largest absolute Gasteiger partial charge is 0.161 e. The molecule has 1 aliphatic rings. The number of hydrogen-bond acceptors (Lipinski definition) is 0. The number of hydrogen-bond donors (Lipinski definition) is 0. The molecule has 3 aromatic rings. The normalized spacial score (nSPS) is 19.6. The van der Waals surface area contributed by atoms with Crippen molar-refractivity contribution in [3.8, 4) is 0 Å². The van der Waals surface area contributed by atoms with Crippen LogP contribution in [0.5, 0.6) is 0 Å². The van der Waals surface area contributed by atoms with Gasteiger partial charge < -0.3 is 0 Å². The summed E-state index contributed by atoms with van der Waals surface area (Å²) in [5.74, 6) is 0. The topological polar surface area (TPSA) is 0 Å². The minimum absolute atomic E-state index is 0.0514. The molecule has 2 unspecified atom stereocenters. The van der Waals surface area contributed by atoms with Gasteiger partial charge in [-0.1, -0.05) is 146 Å². The summed E-state index contributed by atoms with van der Waals surface area (Å²) >= 11 is 0. The van der Waals surface area contributed by atoms with E-state index in [1.165, 1.54) is 49.3 Å². The van der Waals surface area contributed by atoms with Gasteiger partial charge in [0.2, 0.25) is 0 Å². The molecule has 0 spiro atoms. The Bertz CT molecular complexity index is 1400. The quantitative estimate of drug-likeness (QED) is 0.213. The first-order chi connectivity index (χ1) is 18.6. The molecule has 0 nitrogen and oxygen atoms in total. The van der Waals surface area contributed by atoms with Gasteiger partial charge in [0.15, 0.2) is 8.07 Å². The molecule has 212 valence electrons. The van der Waals surface area contributed by atoms with Crippen LogP contribution >= 0.6 is 0 Å². The van der Waals surface area contributed by atoms with Crippen molar-refractivity contribution in [1.29, 1.82) is 0 Å². The minimum atomic E-state index is -2.71. The van der Waals surface area contributed by atoms with Gasteiger partial charge in [-0.05, 0) is 87.8 Å². The van der Waals surface area contributed by atoms with Gasteiger partial charge in [0, 0.05) is 5.04 Å². The molecule has 3 aromatic carbocycles. The molecule has 0 amide bonds. The van der Waals surface area contributed by atoms with E-state index in [9.17, 15) is 0 Å². The maximum Gasteiger partial charge on any atom is 0.161 e. The maximum absolute atomic E-state index is 2.71. The van der Waals surface area contributed by atoms with E-state index in [0.717, 1.165) is 12.8 Å². The van der Waals surface area contributed by atoms with Gasteiger partial charge >= 0.3 is 0 Å². The van der Waals surface area contributed by atoms with Crippen molar-refractivity contribution in [3.05, 3.63) is 112 Å². The average molecular weight is 549 g/mol. The zero-order chi connectivity index (χ0) is 29.7. The van der Waals surface area contributed by atoms with Gasteiger partial charge in [0.05, 0.1) is 0 Å². The van der Waals surface area contributed by atoms with Crippen molar-refractivity contribution in [1.82, 2.24) is 0 Å². The Morgan fingerprint density at radius 1 is 0.625 bits per heavy atom. The third-order valence-electron chi connectivity index (χ3n) is 9.82. The summed E-state index contributed by atoms with van der Waals surface area (Å²) in [7, 11) is -2.71. The predicted octanol–water partition coefficient (Wildman–Crippen LogP) is 8.93. The van der Waals surface area contributed by atoms with E-state index in [4.69, 9.17) is 0 Å². The summed E-state index contributed by atoms with van der Waals surface area (Å²) in [6, 6.07) is 26.9. The first kappa shape index (κ1) is 30.3. The Morgan fingerprint density at radius 3 is 1.50 bits per heavy atom. The van der Waals surface area contributed by atoms with E-state index in [2.05, 4.69) is 156 Å². The van der Waals surface area contributed by atoms with Crippen LogP contribution in [-0.2, 0) is 23.7 Å². The molecular weight excluding hydrogens is 497 g/mol. The summed E-state index contributed by atoms with van der Waals surface area (Å²) in [6.45, 7) is 28.5. The van der Waals surface area contributed by atoms with Gasteiger partial charge in [-0.3, -0.25) is 0 Å². The first-order valence-corrected chi connectivity index (χ1v) is 17.3. The lowest BCUT2D eigenvalue weighted by atomic mass is 9.81. The van der Waals surface area contributed by atoms with E-state index in [0.29, 0.717) is 0 Å². The minimum Gasteiger partial charge on any atom is -0.0730 e. The maximum atomic E-state index is 2.64. The molecule has 40 heavy (non-hydrogen) atoms. The first-order valence-electron chi connectivity index (χ1n) is 15.3. The molecule has 0 N–H and O–H groups in total. The summed E-state index contributed by atoms with van der Waals surface area (Å²) in [6.07, 6.45) is 4.74. The monoisotopic (exact) mass is 548 g/mol. The molecule has 2 atom stereocenters. The number of aryl methyl sites for hydroxylation is 2. The highest BCUT2D eigenvalue weighted by molar-refractivity contribution is 7.14. The van der Waals surface area contributed by atoms with Crippen LogP contribution < -0.4 is 15.6 Å². The fourth-order valence-electron chi connectivity index (χ4n) is 6.91. The van der Waals surface area contributed by atoms with Crippen molar-refractivity contribution in [2.45, 2.75) is 112 Å². The second-order valence-electron chi connectivity index (χ2n) is 14.4. The van der Waals surface area contributed by atoms with E-state index in [1.807, 2.05) is 0 Å². The molecule has 1 heteroatoms. The number of allylic oxidation sites excluding steroid dienone is 4. The third-order valence-corrected chi connectivity index (χ3v) is 15.4. The van der Waals surface area contributed by atoms with Crippen LogP contribution in [0.25, 0.3) is 0 Å². The molecular formula is C39H52Si. The molecule has 0 bridgehead atoms. The van der Waals surface area contributed by atoms with Crippen molar-refractivity contribution < 1.29 is 0 Å². The van der Waals surface area contributed by atoms with Crippen LogP contribution in [0.2, 0.25) is 5.04 Å². The molecule has 1 aliphatic carbocycles. The highest BCUT2D eigenvalue weighted by atomic mass is 28.3. The predicted molar refractivity (Wildman–Crippen MR) is 181 cm³/mol. The lowest BCUT2D eigenvalue weighted by Crippen LogP contribution is -2.73. The standard InChI is InChI=1S/C39H52Si/c1-13-30-20-31(14-2)22-35(21-30)40(34-18-16-15-17-19-34,39(12)26-27(3)28(4)29(39)5)36-24-32(37(6,7)8)23-33(25-36)38(9,10)11/h15-26H,13-14H2,1-12H3. The van der Waals surface area contributed by atoms with Crippen LogP contribution in [0, 0.1) is 0 Å². The molecule has 0 aliphatic heterocycles. The fourth-order valence-corrected chi connectivity index (χ4v) is 13.1. The lowest BCUT2D eigenvalue weighted by molar-refractivity contribution is 0.569. The second-order valence-corrected chi connectivity index (χ2v) is 18.7. The average Bonchev–Trinajstić information content (AvgIpc) is 3.11. The van der Waals surface area contributed by atoms with Crippen LogP contribution in [0.1, 0.15) is 105 Å². The van der Waals surface area contributed by atoms with E-state index >= 15 is 0 Å². The molecule has 4 rings (SSSR count). The van der Waals surface area contributed by atoms with Gasteiger partial charge in [-0.15, -0.1) is 0 Å². The molecule has 0 fully saturated rings. The molecule has 0 heterocycles. The van der Waals surface area contributed by atoms with Crippen LogP contribution in [0.3, 0.4) is 0 Å². The van der Waals surface area contributed by atoms with Gasteiger partial charge in [-0.2, -0.15) is 0 Å². The summed E-state index contributed by atoms with van der Waals surface area (Å²) < 4.78 is 0. The van der Waals surface area contributed by atoms with Crippen molar-refractivity contribution >= 4 is 23.6 Å². The summed E-state index contributed by atoms with van der Waals surface area (Å²) in [5, 5.41) is 4.47. The van der Waals surface area contributed by atoms with Crippen molar-refractivity contribution in [3.63, 3.8) is 0 Å². The number of rotatable bonds is 6. The summed E-state index contributed by atoms with van der Waals surface area (Å²) in [4.78, 5) is 0. The molecule has 0 aromatic heterocycles. The highest BCUT2D eigenvalue weighted by Gasteiger charge is 2.56. The van der Waals surface area contributed by atoms with Gasteiger partial charge in [-0.25, -0.2) is 0 Å². The Balaban J connectivity index is 2.33. The van der Waals surface area contributed by atoms with Crippen LogP contribution in [-0.4, -0.2) is 8.07 Å². The molecule has 0 radical (unpaired) electrons. The zero-order valence-corrected chi connectivity index (χ0v) is 28.3. The Kier molecular flexibility index (Phi) is 8.06. The smallest absolute Gasteiger partial charge is 0.0730 e. The summed E-state index contributed by atoms with van der Waals surface area (Å²) in [5.41, 5.74) is 10.3. The molecule has 0 saturated heterocycles. The van der Waals surface area contributed by atoms with Crippen molar-refractivity contribution in [2.75, 3.05) is 0 Å². The van der Waals surface area contributed by atoms with E-state index in [1.54, 1.807) is 5.19 Å². The fraction of sp³-hybridized carbons (Fsp3) is 0.436. The second kappa shape index (κ2) is 10.6. The van der Waals surface area contributed by atoms with Crippen LogP contribution in [0.15, 0.2) is 89.5 Å². The Morgan fingerprint density at radius 2 is 1.10 bits per heavy atom. The van der Waals surface area contributed by atoms with Gasteiger partial charge in [0.25, 0.3) is 0 Å². The van der Waals surface area contributed by atoms with E-state index < -0.39 is 8.07 Å². The SMILES string of the molecule is CCc1cc(CC)cc([Si](c2ccccc2)(c2cc(C(C)(C)C)cc(C(C)(C)C)c2)C2(C)C=C(C)C(C)=C2C)c1. The van der Waals surface area contributed by atoms with Crippen molar-refractivity contribution in [2.24, 2.45) is 0 Å². The van der Waals surface area contributed by atoms with E-state index in [-0.39, 0.29) is 15.9 Å². The molecule has 0 saturated carbocycles. The van der Waals surface area contributed by atoms with Gasteiger partial charge in [0.1, 0.15) is 0 Å².